The molecule has 0 atom stereocenters. The number of nitrogens with one attached hydrogen (secondary N) is 1. The van der Waals surface area contributed by atoms with Gasteiger partial charge in [0.05, 0.1) is 21.1 Å². The van der Waals surface area contributed by atoms with Crippen molar-refractivity contribution in [3.8, 4) is 0 Å². The molecule has 0 aliphatic rings. The Bertz CT molecular complexity index is 81.0. The van der Waals surface area contributed by atoms with Gasteiger partial charge in [-0.1, -0.05) is 13.3 Å². The molecule has 0 spiro atoms. The molecule has 0 saturated carbocycles. The van der Waals surface area contributed by atoms with Crippen molar-refractivity contribution in [2.24, 2.45) is 0 Å². The molecule has 0 heterocycles. The van der Waals surface area contributed by atoms with E-state index in [1.807, 2.05) is 0 Å². The van der Waals surface area contributed by atoms with E-state index in [-0.39, 0.29) is 11.9 Å². The van der Waals surface area contributed by atoms with Crippen LogP contribution in [0.2, 0.25) is 0 Å². The van der Waals surface area contributed by atoms with Gasteiger partial charge in [-0.05, 0) is 6.42 Å². The topological polar surface area (TPSA) is 76.1 Å². The predicted octanol–water partition coefficient (Wildman–Crippen LogP) is -2.53. The lowest BCUT2D eigenvalue weighted by Gasteiger charge is -1.92. The van der Waals surface area contributed by atoms with Crippen LogP contribution in [0, 0.1) is 0 Å². The Labute approximate surface area is 68.1 Å². The van der Waals surface area contributed by atoms with Crippen LogP contribution in [-0.4, -0.2) is 32.6 Å². The van der Waals surface area contributed by atoms with Gasteiger partial charge in [-0.15, -0.1) is 0 Å². The highest BCUT2D eigenvalue weighted by atomic mass is 16.4. The fourth-order valence-electron chi connectivity index (χ4n) is 0.204. The van der Waals surface area contributed by atoms with Crippen molar-refractivity contribution in [1.29, 1.82) is 0 Å². The molecule has 4 heteroatoms. The maximum absolute atomic E-state index is 9.49. The van der Waals surface area contributed by atoms with Crippen LogP contribution in [0.3, 0.4) is 0 Å². The molecule has 3 N–H and O–H groups in total. The Balaban J connectivity index is -0.000000114. The molecule has 0 rings (SSSR count). The monoisotopic (exact) mass is 165 g/mol. The lowest BCUT2D eigenvalue weighted by Crippen LogP contribution is -3.02. The summed E-state index contributed by atoms with van der Waals surface area (Å²) in [6, 6.07) is 0. The van der Waals surface area contributed by atoms with Gasteiger partial charge in [0.25, 0.3) is 0 Å². The zero-order chi connectivity index (χ0) is 8.57. The van der Waals surface area contributed by atoms with E-state index in [4.69, 9.17) is 0 Å². The number of rotatable bonds is 2. The summed E-state index contributed by atoms with van der Waals surface area (Å²) in [4.78, 5) is 10.9. The normalized spacial score (nSPS) is 7.73. The molecule has 0 aliphatic heterocycles. The maximum atomic E-state index is 9.49. The van der Waals surface area contributed by atoms with Crippen molar-refractivity contribution < 1.29 is 20.3 Å². The van der Waals surface area contributed by atoms with E-state index in [2.05, 4.69) is 21.1 Å². The second kappa shape index (κ2) is 12.1. The molecular weight excluding hydrogens is 146 g/mol. The summed E-state index contributed by atoms with van der Waals surface area (Å²) in [6.45, 7) is 1.80. The molecule has 0 aromatic heterocycles. The summed E-state index contributed by atoms with van der Waals surface area (Å²) in [5, 5.41) is 9.49. The molecular formula is C7H19NO3. The second-order valence-electron chi connectivity index (χ2n) is 2.62. The summed E-state index contributed by atoms with van der Waals surface area (Å²) in [7, 11) is 6.25. The highest BCUT2D eigenvalue weighted by Crippen LogP contribution is 1.79. The highest BCUT2D eigenvalue weighted by Gasteiger charge is 1.75. The van der Waals surface area contributed by atoms with Gasteiger partial charge in [0.1, 0.15) is 0 Å². The van der Waals surface area contributed by atoms with Crippen molar-refractivity contribution >= 4 is 5.97 Å². The van der Waals surface area contributed by atoms with Crippen LogP contribution in [0.15, 0.2) is 0 Å². The van der Waals surface area contributed by atoms with Crippen LogP contribution < -0.4 is 10.0 Å². The van der Waals surface area contributed by atoms with E-state index < -0.39 is 5.97 Å². The Morgan fingerprint density at radius 1 is 1.36 bits per heavy atom. The van der Waals surface area contributed by atoms with Gasteiger partial charge >= 0.3 is 0 Å². The van der Waals surface area contributed by atoms with Gasteiger partial charge in [-0.2, -0.15) is 0 Å². The summed E-state index contributed by atoms with van der Waals surface area (Å²) in [5.41, 5.74) is 0. The average molecular weight is 165 g/mol. The standard InChI is InChI=1S/C4H8O2.C3H9N.H2O/c1-2-3-4(5)6;1-4(2)3;/h2-3H2,1H3,(H,5,6);1-3H3;1H2. The van der Waals surface area contributed by atoms with Crippen LogP contribution in [-0.2, 0) is 4.79 Å². The summed E-state index contributed by atoms with van der Waals surface area (Å²) < 4.78 is 0. The van der Waals surface area contributed by atoms with E-state index in [9.17, 15) is 9.90 Å². The van der Waals surface area contributed by atoms with Gasteiger partial charge in [0.15, 0.2) is 0 Å². The molecule has 0 aromatic rings. The molecule has 0 aromatic carbocycles. The third-order valence-electron chi connectivity index (χ3n) is 0.454. The summed E-state index contributed by atoms with van der Waals surface area (Å²) in [5.74, 6) is -0.961. The molecule has 0 bridgehead atoms. The second-order valence-corrected chi connectivity index (χ2v) is 2.62. The first kappa shape index (κ1) is 16.8. The van der Waals surface area contributed by atoms with Crippen LogP contribution in [0.1, 0.15) is 19.8 Å². The Kier molecular flexibility index (Phi) is 18.5. The van der Waals surface area contributed by atoms with Gasteiger partial charge < -0.3 is 20.3 Å². The minimum Gasteiger partial charge on any atom is -0.550 e. The van der Waals surface area contributed by atoms with Crippen LogP contribution in [0.5, 0.6) is 0 Å². The Hall–Kier alpha value is -0.610. The first-order valence-corrected chi connectivity index (χ1v) is 3.47. The van der Waals surface area contributed by atoms with Gasteiger partial charge in [0.2, 0.25) is 0 Å². The number of carbonyl (C=O) groups is 1. The zero-order valence-electron chi connectivity index (χ0n) is 7.73. The molecule has 4 nitrogen and oxygen atoms in total. The number of carboxylic acids is 1. The fourth-order valence-corrected chi connectivity index (χ4v) is 0.204. The van der Waals surface area contributed by atoms with Crippen molar-refractivity contribution in [3.63, 3.8) is 0 Å². The van der Waals surface area contributed by atoms with Crippen LogP contribution in [0.4, 0.5) is 0 Å². The third kappa shape index (κ3) is 89.8. The Morgan fingerprint density at radius 3 is 1.64 bits per heavy atom. The zero-order valence-corrected chi connectivity index (χ0v) is 7.73. The SMILES string of the molecule is CCCC(=O)[O-].C[NH+](C)C.O. The predicted molar refractivity (Wildman–Crippen MR) is 42.3 cm³/mol. The lowest BCUT2D eigenvalue weighted by molar-refractivity contribution is -0.836. The smallest absolute Gasteiger partial charge is 0.0661 e. The number of quaternary nitrogens is 1. The molecule has 0 fully saturated rings. The molecule has 0 radical (unpaired) electrons. The molecule has 0 unspecified atom stereocenters. The highest BCUT2D eigenvalue weighted by molar-refractivity contribution is 5.63. The van der Waals surface area contributed by atoms with E-state index in [0.717, 1.165) is 0 Å². The van der Waals surface area contributed by atoms with Gasteiger partial charge in [-0.3, -0.25) is 0 Å². The molecule has 0 saturated heterocycles. The number of aliphatic carboxylic acids is 1. The van der Waals surface area contributed by atoms with Crippen LogP contribution >= 0.6 is 0 Å². The molecule has 0 aliphatic carbocycles. The minimum absolute atomic E-state index is 0. The van der Waals surface area contributed by atoms with Crippen LogP contribution in [0.25, 0.3) is 0 Å². The quantitative estimate of drug-likeness (QED) is 0.490. The van der Waals surface area contributed by atoms with Crippen molar-refractivity contribution in [2.75, 3.05) is 21.1 Å². The molecule has 70 valence electrons. The number of carboxylic acid groups (broad SMARTS) is 1. The maximum Gasteiger partial charge on any atom is 0.0661 e. The van der Waals surface area contributed by atoms with E-state index in [1.54, 1.807) is 6.92 Å². The average Bonchev–Trinajstić information content (AvgIpc) is 1.62. The molecule has 11 heavy (non-hydrogen) atoms. The third-order valence-corrected chi connectivity index (χ3v) is 0.454. The summed E-state index contributed by atoms with van der Waals surface area (Å²) in [6.07, 6.45) is 0.850. The lowest BCUT2D eigenvalue weighted by atomic mass is 10.4. The first-order chi connectivity index (χ1) is 4.50. The van der Waals surface area contributed by atoms with E-state index >= 15 is 0 Å². The number of hydrogen-bond donors (Lipinski definition) is 1. The fraction of sp³-hybridized carbons (Fsp3) is 0.857. The van der Waals surface area contributed by atoms with Crippen molar-refractivity contribution in [2.45, 2.75) is 19.8 Å². The van der Waals surface area contributed by atoms with Crippen molar-refractivity contribution in [3.05, 3.63) is 0 Å². The molecule has 0 amide bonds. The van der Waals surface area contributed by atoms with E-state index in [0.29, 0.717) is 6.42 Å². The van der Waals surface area contributed by atoms with Crippen molar-refractivity contribution in [1.82, 2.24) is 0 Å². The number of hydrogen-bond acceptors (Lipinski definition) is 2. The van der Waals surface area contributed by atoms with Gasteiger partial charge in [0, 0.05) is 5.97 Å². The number of carbonyl (C=O) groups excluding carboxylic acids is 1. The first-order valence-electron chi connectivity index (χ1n) is 3.47. The van der Waals surface area contributed by atoms with E-state index in [1.165, 1.54) is 4.90 Å². The minimum atomic E-state index is -0.961. The summed E-state index contributed by atoms with van der Waals surface area (Å²) >= 11 is 0. The van der Waals surface area contributed by atoms with Gasteiger partial charge in [-0.25, -0.2) is 0 Å². The Morgan fingerprint density at radius 2 is 1.64 bits per heavy atom. The largest absolute Gasteiger partial charge is 0.550 e.